The molecule has 0 aromatic heterocycles. The smallest absolute Gasteiger partial charge is 0.282 e. The fourth-order valence-corrected chi connectivity index (χ4v) is 4.72. The van der Waals surface area contributed by atoms with Crippen LogP contribution in [0.4, 0.5) is 4.39 Å². The Balaban J connectivity index is 2.24. The molecule has 3 N–H and O–H groups in total. The van der Waals surface area contributed by atoms with Crippen LogP contribution in [0, 0.1) is 5.82 Å². The van der Waals surface area contributed by atoms with Crippen molar-refractivity contribution in [3.63, 3.8) is 0 Å². The Morgan fingerprint density at radius 1 is 0.828 bits per heavy atom. The lowest BCUT2D eigenvalue weighted by Crippen LogP contribution is -2.16. The summed E-state index contributed by atoms with van der Waals surface area (Å²) in [6.45, 7) is 0. The van der Waals surface area contributed by atoms with Crippen molar-refractivity contribution in [2.45, 2.75) is 22.6 Å². The van der Waals surface area contributed by atoms with Crippen molar-refractivity contribution in [2.75, 3.05) is 0 Å². The van der Waals surface area contributed by atoms with Crippen LogP contribution in [0.15, 0.2) is 76.5 Å². The molecular weight excluding hydrogens is 417 g/mol. The molecular formula is C20H18FNO5S2. The van der Waals surface area contributed by atoms with Crippen LogP contribution in [0.25, 0.3) is 11.1 Å². The molecule has 0 aliphatic heterocycles. The molecule has 0 saturated carbocycles. The van der Waals surface area contributed by atoms with E-state index in [9.17, 15) is 25.8 Å². The Kier molecular flexibility index (Phi) is 5.85. The van der Waals surface area contributed by atoms with Crippen LogP contribution in [0.5, 0.6) is 0 Å². The average Bonchev–Trinajstić information content (AvgIpc) is 2.66. The quantitative estimate of drug-likeness (QED) is 0.577. The number of halogens is 1. The second-order valence-corrected chi connectivity index (χ2v) is 9.36. The molecule has 9 heteroatoms. The second kappa shape index (κ2) is 8.03. The van der Waals surface area contributed by atoms with Crippen molar-refractivity contribution in [3.8, 4) is 11.1 Å². The Labute approximate surface area is 168 Å². The van der Waals surface area contributed by atoms with Crippen LogP contribution < -0.4 is 5.14 Å². The number of hydrogen-bond acceptors (Lipinski definition) is 4. The van der Waals surface area contributed by atoms with Gasteiger partial charge < -0.3 is 0 Å². The minimum atomic E-state index is -4.80. The van der Waals surface area contributed by atoms with E-state index in [1.165, 1.54) is 12.1 Å². The highest BCUT2D eigenvalue weighted by molar-refractivity contribution is 7.89. The maximum atomic E-state index is 14.1. The molecule has 29 heavy (non-hydrogen) atoms. The zero-order chi connectivity index (χ0) is 21.2. The fourth-order valence-electron chi connectivity index (χ4n) is 3.15. The van der Waals surface area contributed by atoms with Gasteiger partial charge in [0, 0.05) is 5.56 Å². The molecule has 0 aliphatic carbocycles. The van der Waals surface area contributed by atoms with Gasteiger partial charge >= 0.3 is 0 Å². The lowest BCUT2D eigenvalue weighted by molar-refractivity contribution is 0.483. The van der Waals surface area contributed by atoms with Crippen LogP contribution >= 0.6 is 0 Å². The van der Waals surface area contributed by atoms with Gasteiger partial charge in [-0.2, -0.15) is 8.42 Å². The zero-order valence-corrected chi connectivity index (χ0v) is 16.8. The molecule has 0 atom stereocenters. The normalized spacial score (nSPS) is 12.1. The van der Waals surface area contributed by atoms with E-state index in [2.05, 4.69) is 0 Å². The summed E-state index contributed by atoms with van der Waals surface area (Å²) in [5.41, 5.74) is 1.20. The zero-order valence-electron chi connectivity index (χ0n) is 15.1. The monoisotopic (exact) mass is 435 g/mol. The summed E-state index contributed by atoms with van der Waals surface area (Å²) in [4.78, 5) is -1.17. The molecule has 0 heterocycles. The first-order valence-corrected chi connectivity index (χ1v) is 11.5. The molecule has 0 fully saturated rings. The Hall–Kier alpha value is -2.59. The molecule has 3 rings (SSSR count). The maximum Gasteiger partial charge on any atom is 0.295 e. The molecule has 0 saturated heterocycles. The third-order valence-corrected chi connectivity index (χ3v) is 6.29. The summed E-state index contributed by atoms with van der Waals surface area (Å²) in [7, 11) is -9.16. The topological polar surface area (TPSA) is 115 Å². The highest BCUT2D eigenvalue weighted by Crippen LogP contribution is 2.36. The van der Waals surface area contributed by atoms with E-state index >= 15 is 0 Å². The Morgan fingerprint density at radius 3 is 2.10 bits per heavy atom. The number of hydrogen-bond donors (Lipinski definition) is 2. The minimum absolute atomic E-state index is 0.0400. The number of sulfonamides is 1. The van der Waals surface area contributed by atoms with Crippen molar-refractivity contribution in [1.82, 2.24) is 0 Å². The van der Waals surface area contributed by atoms with Crippen molar-refractivity contribution in [1.29, 1.82) is 0 Å². The van der Waals surface area contributed by atoms with Crippen molar-refractivity contribution >= 4 is 20.1 Å². The Morgan fingerprint density at radius 2 is 1.48 bits per heavy atom. The first-order valence-electron chi connectivity index (χ1n) is 8.53. The number of rotatable bonds is 6. The summed E-state index contributed by atoms with van der Waals surface area (Å²) in [6, 6.07) is 16.4. The molecule has 3 aromatic rings. The number of nitrogens with two attached hydrogens (primary N) is 1. The molecule has 0 radical (unpaired) electrons. The summed E-state index contributed by atoms with van der Waals surface area (Å²) in [5.74, 6) is -0.686. The van der Waals surface area contributed by atoms with Gasteiger partial charge in [0.1, 0.15) is 10.7 Å². The number of benzene rings is 3. The summed E-state index contributed by atoms with van der Waals surface area (Å²) < 4.78 is 71.7. The molecule has 0 unspecified atom stereocenters. The second-order valence-electron chi connectivity index (χ2n) is 6.44. The lowest BCUT2D eigenvalue weighted by Gasteiger charge is -2.16. The Bertz CT molecular complexity index is 1210. The van der Waals surface area contributed by atoms with E-state index in [0.717, 1.165) is 29.8 Å². The number of primary sulfonamides is 1. The summed E-state index contributed by atoms with van der Waals surface area (Å²) >= 11 is 0. The largest absolute Gasteiger partial charge is 0.295 e. The van der Waals surface area contributed by atoms with Crippen molar-refractivity contribution in [2.24, 2.45) is 5.14 Å². The SMILES string of the molecule is NS(=O)(=O)c1cccc(S(=O)(=O)O)c1-c1cc(F)ccc1CCc1ccccc1. The van der Waals surface area contributed by atoms with Crippen molar-refractivity contribution in [3.05, 3.63) is 83.7 Å². The average molecular weight is 435 g/mol. The predicted molar refractivity (Wildman–Crippen MR) is 107 cm³/mol. The van der Waals surface area contributed by atoms with E-state index < -0.39 is 35.7 Å². The van der Waals surface area contributed by atoms with Crippen LogP contribution in [0.2, 0.25) is 0 Å². The molecule has 0 bridgehead atoms. The van der Waals surface area contributed by atoms with E-state index in [-0.39, 0.29) is 11.1 Å². The molecule has 0 spiro atoms. The summed E-state index contributed by atoms with van der Waals surface area (Å²) in [5, 5.41) is 5.26. The van der Waals surface area contributed by atoms with Gasteiger partial charge in [0.25, 0.3) is 10.1 Å². The van der Waals surface area contributed by atoms with Gasteiger partial charge in [0.2, 0.25) is 10.0 Å². The fraction of sp³-hybridized carbons (Fsp3) is 0.100. The van der Waals surface area contributed by atoms with Gasteiger partial charge in [-0.05, 0) is 53.8 Å². The third-order valence-electron chi connectivity index (χ3n) is 4.44. The molecule has 6 nitrogen and oxygen atoms in total. The highest BCUT2D eigenvalue weighted by Gasteiger charge is 2.26. The van der Waals surface area contributed by atoms with E-state index in [1.54, 1.807) is 0 Å². The minimum Gasteiger partial charge on any atom is -0.282 e. The van der Waals surface area contributed by atoms with Gasteiger partial charge in [-0.1, -0.05) is 42.5 Å². The number of aryl methyl sites for hydroxylation is 2. The van der Waals surface area contributed by atoms with Crippen molar-refractivity contribution < 1.29 is 25.8 Å². The van der Waals surface area contributed by atoms with Crippen LogP contribution in [0.1, 0.15) is 11.1 Å². The first-order chi connectivity index (χ1) is 13.6. The predicted octanol–water partition coefficient (Wildman–Crippen LogP) is 3.17. The van der Waals surface area contributed by atoms with Gasteiger partial charge in [-0.25, -0.2) is 17.9 Å². The summed E-state index contributed by atoms with van der Waals surface area (Å²) in [6.07, 6.45) is 0.932. The first kappa shape index (κ1) is 21.1. The van der Waals surface area contributed by atoms with Gasteiger partial charge in [-0.3, -0.25) is 4.55 Å². The highest BCUT2D eigenvalue weighted by atomic mass is 32.2. The van der Waals surface area contributed by atoms with Crippen LogP contribution in [-0.4, -0.2) is 21.4 Å². The molecule has 3 aromatic carbocycles. The lowest BCUT2D eigenvalue weighted by atomic mass is 9.95. The van der Waals surface area contributed by atoms with Gasteiger partial charge in [0.15, 0.2) is 0 Å². The van der Waals surface area contributed by atoms with Gasteiger partial charge in [0.05, 0.1) is 4.90 Å². The molecule has 152 valence electrons. The maximum absolute atomic E-state index is 14.1. The van der Waals surface area contributed by atoms with Gasteiger partial charge in [-0.15, -0.1) is 0 Å². The molecule has 0 aliphatic rings. The van der Waals surface area contributed by atoms with Crippen LogP contribution in [0.3, 0.4) is 0 Å². The molecule has 0 amide bonds. The van der Waals surface area contributed by atoms with E-state index in [4.69, 9.17) is 5.14 Å². The van der Waals surface area contributed by atoms with E-state index in [0.29, 0.717) is 18.4 Å². The third kappa shape index (κ3) is 4.88. The van der Waals surface area contributed by atoms with Crippen LogP contribution in [-0.2, 0) is 33.0 Å². The van der Waals surface area contributed by atoms with E-state index in [1.807, 2.05) is 30.3 Å². The standard InChI is InChI=1S/C20H18FNO5S2/c21-16-12-11-15(10-9-14-5-2-1-3-6-14)17(13-16)20-18(28(22,23)24)7-4-8-19(20)29(25,26)27/h1-8,11-13H,9-10H2,(H2,22,23,24)(H,25,26,27).